The number of rotatable bonds is 4. The van der Waals surface area contributed by atoms with Gasteiger partial charge >= 0.3 is 5.63 Å². The predicted molar refractivity (Wildman–Crippen MR) is 110 cm³/mol. The zero-order chi connectivity index (χ0) is 19.7. The molecule has 1 aromatic carbocycles. The van der Waals surface area contributed by atoms with Gasteiger partial charge in [0.25, 0.3) is 0 Å². The largest absolute Gasteiger partial charge is 0.406 e. The number of fused-ring (bicyclic) bond motifs is 2. The van der Waals surface area contributed by atoms with Crippen molar-refractivity contribution < 1.29 is 9.21 Å². The predicted octanol–water partition coefficient (Wildman–Crippen LogP) is 4.00. The second-order valence-electron chi connectivity index (χ2n) is 6.46. The fraction of sp³-hybridized carbons (Fsp3) is 0.143. The molecule has 0 saturated carbocycles. The van der Waals surface area contributed by atoms with Gasteiger partial charge in [0, 0.05) is 17.7 Å². The van der Waals surface area contributed by atoms with Crippen molar-refractivity contribution in [3.8, 4) is 0 Å². The summed E-state index contributed by atoms with van der Waals surface area (Å²) in [6, 6.07) is 9.20. The molecule has 3 aromatic heterocycles. The molecule has 0 aliphatic rings. The zero-order valence-corrected chi connectivity index (χ0v) is 16.1. The van der Waals surface area contributed by atoms with E-state index in [2.05, 4.69) is 15.3 Å². The molecule has 4 aromatic rings. The van der Waals surface area contributed by atoms with Gasteiger partial charge in [-0.05, 0) is 48.6 Å². The number of benzene rings is 1. The van der Waals surface area contributed by atoms with Crippen molar-refractivity contribution in [3.05, 3.63) is 75.4 Å². The molecule has 0 unspecified atom stereocenters. The first-order chi connectivity index (χ1) is 13.5. The molecule has 0 bridgehead atoms. The van der Waals surface area contributed by atoms with Crippen LogP contribution in [0.4, 0.5) is 0 Å². The van der Waals surface area contributed by atoms with Gasteiger partial charge in [-0.25, -0.2) is 9.78 Å². The van der Waals surface area contributed by atoms with Crippen LogP contribution in [0.15, 0.2) is 57.2 Å². The van der Waals surface area contributed by atoms with Gasteiger partial charge in [0.05, 0.1) is 10.9 Å². The van der Waals surface area contributed by atoms with Gasteiger partial charge in [-0.3, -0.25) is 9.78 Å². The van der Waals surface area contributed by atoms with Crippen LogP contribution in [0.25, 0.3) is 27.2 Å². The first-order valence-electron chi connectivity index (χ1n) is 8.73. The highest BCUT2D eigenvalue weighted by atomic mass is 32.1. The maximum atomic E-state index is 12.3. The standard InChI is InChI=1S/C21H17N3O3S/c1-12-11-28-20-18(12)21(26)27-19(24-20)13(2)23-17(25)8-7-14-9-15-5-3-4-6-16(15)22-10-14/h3-11,13H,1-2H3,(H,23,25)/t13-/m0/s1. The van der Waals surface area contributed by atoms with Crippen molar-refractivity contribution >= 4 is 44.4 Å². The van der Waals surface area contributed by atoms with E-state index in [0.717, 1.165) is 22.0 Å². The molecule has 140 valence electrons. The minimum atomic E-state index is -0.536. The van der Waals surface area contributed by atoms with E-state index in [1.165, 1.54) is 17.4 Å². The number of aryl methyl sites for hydroxylation is 1. The van der Waals surface area contributed by atoms with E-state index < -0.39 is 11.7 Å². The maximum Gasteiger partial charge on any atom is 0.348 e. The Morgan fingerprint density at radius 1 is 1.32 bits per heavy atom. The number of nitrogens with zero attached hydrogens (tertiary/aromatic N) is 2. The lowest BCUT2D eigenvalue weighted by Crippen LogP contribution is -2.26. The number of amides is 1. The lowest BCUT2D eigenvalue weighted by atomic mass is 10.1. The van der Waals surface area contributed by atoms with Crippen LogP contribution in [0.3, 0.4) is 0 Å². The smallest absolute Gasteiger partial charge is 0.348 e. The monoisotopic (exact) mass is 391 g/mol. The highest BCUT2D eigenvalue weighted by molar-refractivity contribution is 7.16. The van der Waals surface area contributed by atoms with E-state index in [4.69, 9.17) is 4.42 Å². The topological polar surface area (TPSA) is 85.1 Å². The van der Waals surface area contributed by atoms with E-state index >= 15 is 0 Å². The number of hydrogen-bond donors (Lipinski definition) is 1. The summed E-state index contributed by atoms with van der Waals surface area (Å²) in [6.07, 6.45) is 4.83. The van der Waals surface area contributed by atoms with Crippen molar-refractivity contribution in [2.24, 2.45) is 0 Å². The molecular formula is C21H17N3O3S. The molecule has 0 spiro atoms. The highest BCUT2D eigenvalue weighted by Gasteiger charge is 2.16. The number of carbonyl (C=O) groups is 1. The molecule has 0 aliphatic carbocycles. The molecular weight excluding hydrogens is 374 g/mol. The number of para-hydroxylation sites is 1. The molecule has 0 radical (unpaired) electrons. The lowest BCUT2D eigenvalue weighted by molar-refractivity contribution is -0.117. The minimum absolute atomic E-state index is 0.188. The quantitative estimate of drug-likeness (QED) is 0.532. The van der Waals surface area contributed by atoms with Crippen LogP contribution in [-0.4, -0.2) is 15.9 Å². The van der Waals surface area contributed by atoms with E-state index in [1.807, 2.05) is 42.6 Å². The summed E-state index contributed by atoms with van der Waals surface area (Å²) in [4.78, 5) is 33.8. The van der Waals surface area contributed by atoms with Crippen LogP contribution < -0.4 is 10.9 Å². The Morgan fingerprint density at radius 2 is 2.14 bits per heavy atom. The molecule has 4 rings (SSSR count). The van der Waals surface area contributed by atoms with Gasteiger partial charge < -0.3 is 9.73 Å². The van der Waals surface area contributed by atoms with Gasteiger partial charge in [-0.1, -0.05) is 18.2 Å². The van der Waals surface area contributed by atoms with E-state index in [0.29, 0.717) is 10.2 Å². The van der Waals surface area contributed by atoms with Crippen LogP contribution >= 0.6 is 11.3 Å². The molecule has 6 nitrogen and oxygen atoms in total. The molecule has 0 fully saturated rings. The van der Waals surface area contributed by atoms with Gasteiger partial charge in [0.1, 0.15) is 10.9 Å². The minimum Gasteiger partial charge on any atom is -0.406 e. The molecule has 0 saturated heterocycles. The SMILES string of the molecule is Cc1csc2nc([C@H](C)NC(=O)C=Cc3cnc4ccccc4c3)oc(=O)c12. The van der Waals surface area contributed by atoms with E-state index in [-0.39, 0.29) is 11.8 Å². The average Bonchev–Trinajstić information content (AvgIpc) is 3.07. The molecule has 28 heavy (non-hydrogen) atoms. The number of carbonyl (C=O) groups excluding carboxylic acids is 1. The summed E-state index contributed by atoms with van der Waals surface area (Å²) >= 11 is 1.38. The first-order valence-corrected chi connectivity index (χ1v) is 9.61. The molecule has 7 heteroatoms. The van der Waals surface area contributed by atoms with E-state index in [1.54, 1.807) is 19.2 Å². The molecule has 1 amide bonds. The maximum absolute atomic E-state index is 12.3. The van der Waals surface area contributed by atoms with Gasteiger partial charge in [-0.15, -0.1) is 11.3 Å². The molecule has 0 aliphatic heterocycles. The number of aromatic nitrogens is 2. The van der Waals surface area contributed by atoms with Crippen LogP contribution in [0.2, 0.25) is 0 Å². The van der Waals surface area contributed by atoms with Gasteiger partial charge in [0.2, 0.25) is 11.8 Å². The second kappa shape index (κ2) is 7.36. The Labute approximate surface area is 164 Å². The summed E-state index contributed by atoms with van der Waals surface area (Å²) in [6.45, 7) is 3.57. The molecule has 1 N–H and O–H groups in total. The first kappa shape index (κ1) is 18.1. The Bertz CT molecular complexity index is 1270. The third kappa shape index (κ3) is 3.57. The number of thiophene rings is 1. The number of pyridine rings is 1. The normalized spacial score (nSPS) is 12.6. The van der Waals surface area contributed by atoms with Crippen LogP contribution in [-0.2, 0) is 4.79 Å². The Kier molecular flexibility index (Phi) is 4.75. The fourth-order valence-electron chi connectivity index (χ4n) is 2.89. The Balaban J connectivity index is 1.49. The Hall–Kier alpha value is -3.32. The third-order valence-corrected chi connectivity index (χ3v) is 5.33. The average molecular weight is 391 g/mol. The highest BCUT2D eigenvalue weighted by Crippen LogP contribution is 2.22. The fourth-order valence-corrected chi connectivity index (χ4v) is 3.80. The van der Waals surface area contributed by atoms with Crippen molar-refractivity contribution in [2.75, 3.05) is 0 Å². The van der Waals surface area contributed by atoms with E-state index in [9.17, 15) is 9.59 Å². The summed E-state index contributed by atoms with van der Waals surface area (Å²) in [5.41, 5.74) is 2.13. The van der Waals surface area contributed by atoms with Crippen molar-refractivity contribution in [1.29, 1.82) is 0 Å². The molecule has 3 heterocycles. The van der Waals surface area contributed by atoms with Crippen LogP contribution in [0.1, 0.15) is 30.0 Å². The van der Waals surface area contributed by atoms with Crippen molar-refractivity contribution in [1.82, 2.24) is 15.3 Å². The summed E-state index contributed by atoms with van der Waals surface area (Å²) < 4.78 is 5.29. The summed E-state index contributed by atoms with van der Waals surface area (Å²) in [5, 5.41) is 6.13. The third-order valence-electron chi connectivity index (χ3n) is 4.34. The van der Waals surface area contributed by atoms with Crippen LogP contribution in [0.5, 0.6) is 0 Å². The number of nitrogens with one attached hydrogen (secondary N) is 1. The zero-order valence-electron chi connectivity index (χ0n) is 15.3. The summed E-state index contributed by atoms with van der Waals surface area (Å²) in [5.74, 6) is -0.124. The van der Waals surface area contributed by atoms with Gasteiger partial charge in [0.15, 0.2) is 0 Å². The Morgan fingerprint density at radius 3 is 3.00 bits per heavy atom. The lowest BCUT2D eigenvalue weighted by Gasteiger charge is -2.10. The van der Waals surface area contributed by atoms with Crippen molar-refractivity contribution in [2.45, 2.75) is 19.9 Å². The van der Waals surface area contributed by atoms with Crippen LogP contribution in [0, 0.1) is 6.92 Å². The number of hydrogen-bond acceptors (Lipinski definition) is 6. The second-order valence-corrected chi connectivity index (χ2v) is 7.32. The van der Waals surface area contributed by atoms with Crippen molar-refractivity contribution in [3.63, 3.8) is 0 Å². The van der Waals surface area contributed by atoms with Gasteiger partial charge in [-0.2, -0.15) is 0 Å². The summed E-state index contributed by atoms with van der Waals surface area (Å²) in [7, 11) is 0. The molecule has 1 atom stereocenters.